The summed E-state index contributed by atoms with van der Waals surface area (Å²) >= 11 is 0. The maximum Gasteiger partial charge on any atom is 0.266 e. The van der Waals surface area contributed by atoms with Gasteiger partial charge < -0.3 is 0 Å². The van der Waals surface area contributed by atoms with Crippen molar-refractivity contribution >= 4 is 10.1 Å². The van der Waals surface area contributed by atoms with Crippen LogP contribution in [0.1, 0.15) is 39.0 Å². The van der Waals surface area contributed by atoms with Crippen LogP contribution in [0.15, 0.2) is 0 Å². The normalized spacial score (nSPS) is 28.5. The zero-order valence-corrected chi connectivity index (χ0v) is 10.6. The second-order valence-electron chi connectivity index (χ2n) is 4.36. The molecule has 0 aromatic carbocycles. The molecular formula is C10H21NO3S. The molecule has 90 valence electrons. The second kappa shape index (κ2) is 4.80. The van der Waals surface area contributed by atoms with Crippen molar-refractivity contribution in [2.75, 3.05) is 19.8 Å². The largest absolute Gasteiger partial charge is 0.278 e. The lowest BCUT2D eigenvalue weighted by atomic mass is 10.0. The highest BCUT2D eigenvalue weighted by molar-refractivity contribution is 7.86. The summed E-state index contributed by atoms with van der Waals surface area (Å²) in [6.45, 7) is 3.02. The van der Waals surface area contributed by atoms with Gasteiger partial charge in [0.2, 0.25) is 0 Å². The van der Waals surface area contributed by atoms with Crippen molar-refractivity contribution < 1.29 is 12.6 Å². The Morgan fingerprint density at radius 2 is 2.13 bits per heavy atom. The summed E-state index contributed by atoms with van der Waals surface area (Å²) in [6.07, 6.45) is 5.81. The van der Waals surface area contributed by atoms with Crippen molar-refractivity contribution in [2.24, 2.45) is 0 Å². The Morgan fingerprint density at radius 3 is 2.53 bits per heavy atom. The molecule has 15 heavy (non-hydrogen) atoms. The van der Waals surface area contributed by atoms with E-state index < -0.39 is 15.8 Å². The van der Waals surface area contributed by atoms with Gasteiger partial charge in [0, 0.05) is 6.54 Å². The fraction of sp³-hybridized carbons (Fsp3) is 1.00. The van der Waals surface area contributed by atoms with E-state index in [1.165, 1.54) is 0 Å². The van der Waals surface area contributed by atoms with Gasteiger partial charge in [-0.05, 0) is 32.7 Å². The summed E-state index contributed by atoms with van der Waals surface area (Å²) in [5.41, 5.74) is -0.566. The van der Waals surface area contributed by atoms with Gasteiger partial charge in [-0.3, -0.25) is 4.90 Å². The van der Waals surface area contributed by atoms with E-state index in [1.54, 1.807) is 0 Å². The lowest BCUT2D eigenvalue weighted by Gasteiger charge is -2.34. The smallest absolute Gasteiger partial charge is 0.266 e. The Morgan fingerprint density at radius 1 is 1.47 bits per heavy atom. The Kier molecular flexibility index (Phi) is 4.14. The van der Waals surface area contributed by atoms with Crippen LogP contribution in [0.3, 0.4) is 0 Å². The molecule has 0 spiro atoms. The first kappa shape index (κ1) is 12.9. The van der Waals surface area contributed by atoms with Crippen molar-refractivity contribution in [1.29, 1.82) is 0 Å². The lowest BCUT2D eigenvalue weighted by Crippen LogP contribution is -2.45. The molecule has 1 rings (SSSR count). The van der Waals surface area contributed by atoms with Crippen molar-refractivity contribution in [1.82, 2.24) is 4.90 Å². The molecule has 1 atom stereocenters. The summed E-state index contributed by atoms with van der Waals surface area (Å²) in [5, 5.41) is 0. The van der Waals surface area contributed by atoms with Gasteiger partial charge >= 0.3 is 0 Å². The summed E-state index contributed by atoms with van der Waals surface area (Å²) in [4.78, 5) is 2.03. The van der Waals surface area contributed by atoms with Crippen LogP contribution in [-0.4, -0.2) is 38.9 Å². The summed E-state index contributed by atoms with van der Waals surface area (Å²) in [5.74, 6) is 0. The Balaban J connectivity index is 2.76. The SMILES string of the molecule is CCCCC1(OS(C)(=O)=O)CCCN1C. The van der Waals surface area contributed by atoms with Crippen LogP contribution >= 0.6 is 0 Å². The second-order valence-corrected chi connectivity index (χ2v) is 5.94. The molecule has 1 fully saturated rings. The molecule has 0 aliphatic carbocycles. The Hall–Kier alpha value is -0.130. The molecule has 0 aromatic rings. The van der Waals surface area contributed by atoms with Gasteiger partial charge in [0.05, 0.1) is 6.26 Å². The monoisotopic (exact) mass is 235 g/mol. The minimum Gasteiger partial charge on any atom is -0.278 e. The maximum atomic E-state index is 11.3. The minimum absolute atomic E-state index is 0.566. The van der Waals surface area contributed by atoms with Crippen LogP contribution in [-0.2, 0) is 14.3 Å². The van der Waals surface area contributed by atoms with E-state index in [4.69, 9.17) is 4.18 Å². The van der Waals surface area contributed by atoms with E-state index in [-0.39, 0.29) is 0 Å². The molecule has 0 saturated carbocycles. The van der Waals surface area contributed by atoms with Crippen LogP contribution in [0.5, 0.6) is 0 Å². The van der Waals surface area contributed by atoms with Gasteiger partial charge in [-0.25, -0.2) is 4.18 Å². The van der Waals surface area contributed by atoms with Crippen LogP contribution in [0.25, 0.3) is 0 Å². The minimum atomic E-state index is -3.37. The Labute approximate surface area is 92.7 Å². The average Bonchev–Trinajstić information content (AvgIpc) is 2.42. The van der Waals surface area contributed by atoms with Gasteiger partial charge in [0.15, 0.2) is 0 Å². The highest BCUT2D eigenvalue weighted by atomic mass is 32.2. The zero-order chi connectivity index (χ0) is 11.5. The third-order valence-corrected chi connectivity index (χ3v) is 3.60. The average molecular weight is 235 g/mol. The highest BCUT2D eigenvalue weighted by Gasteiger charge is 2.42. The quantitative estimate of drug-likeness (QED) is 0.679. The maximum absolute atomic E-state index is 11.3. The van der Waals surface area contributed by atoms with Crippen LogP contribution in [0.2, 0.25) is 0 Å². The van der Waals surface area contributed by atoms with E-state index >= 15 is 0 Å². The van der Waals surface area contributed by atoms with E-state index in [0.717, 1.165) is 44.9 Å². The van der Waals surface area contributed by atoms with Gasteiger partial charge in [-0.2, -0.15) is 8.42 Å². The van der Waals surface area contributed by atoms with Crippen molar-refractivity contribution in [3.63, 3.8) is 0 Å². The fourth-order valence-electron chi connectivity index (χ4n) is 2.18. The number of nitrogens with zero attached hydrogens (tertiary/aromatic N) is 1. The van der Waals surface area contributed by atoms with Gasteiger partial charge in [0.25, 0.3) is 10.1 Å². The molecule has 4 nitrogen and oxygen atoms in total. The van der Waals surface area contributed by atoms with E-state index in [2.05, 4.69) is 6.92 Å². The topological polar surface area (TPSA) is 46.6 Å². The molecule has 1 unspecified atom stereocenters. The predicted octanol–water partition coefficient (Wildman–Crippen LogP) is 1.57. The van der Waals surface area contributed by atoms with Crippen LogP contribution in [0.4, 0.5) is 0 Å². The standard InChI is InChI=1S/C10H21NO3S/c1-4-5-7-10(14-15(3,12)13)8-6-9-11(10)2/h4-9H2,1-3H3. The van der Waals surface area contributed by atoms with Crippen LogP contribution < -0.4 is 0 Å². The molecular weight excluding hydrogens is 214 g/mol. The van der Waals surface area contributed by atoms with Gasteiger partial charge in [0.1, 0.15) is 5.72 Å². The van der Waals surface area contributed by atoms with E-state index in [1.807, 2.05) is 11.9 Å². The molecule has 1 aliphatic rings. The van der Waals surface area contributed by atoms with Crippen molar-refractivity contribution in [3.8, 4) is 0 Å². The number of hydrogen-bond acceptors (Lipinski definition) is 4. The third kappa shape index (κ3) is 3.43. The zero-order valence-electron chi connectivity index (χ0n) is 9.82. The van der Waals surface area contributed by atoms with Crippen molar-refractivity contribution in [2.45, 2.75) is 44.8 Å². The highest BCUT2D eigenvalue weighted by Crippen LogP contribution is 2.35. The summed E-state index contributed by atoms with van der Waals surface area (Å²) in [7, 11) is -1.43. The molecule has 1 saturated heterocycles. The Bertz CT molecular complexity index is 302. The molecule has 5 heteroatoms. The number of unbranched alkanes of at least 4 members (excludes halogenated alkanes) is 1. The summed E-state index contributed by atoms with van der Waals surface area (Å²) < 4.78 is 27.8. The number of hydrogen-bond donors (Lipinski definition) is 0. The molecule has 1 heterocycles. The van der Waals surface area contributed by atoms with Crippen LogP contribution in [0, 0.1) is 0 Å². The molecule has 0 bridgehead atoms. The van der Waals surface area contributed by atoms with E-state index in [0.29, 0.717) is 0 Å². The first-order valence-corrected chi connectivity index (χ1v) is 7.33. The molecule has 0 radical (unpaired) electrons. The van der Waals surface area contributed by atoms with Gasteiger partial charge in [-0.1, -0.05) is 13.3 Å². The first-order chi connectivity index (χ1) is 6.90. The summed E-state index contributed by atoms with van der Waals surface area (Å²) in [6, 6.07) is 0. The molecule has 1 aliphatic heterocycles. The van der Waals surface area contributed by atoms with Gasteiger partial charge in [-0.15, -0.1) is 0 Å². The molecule has 0 aromatic heterocycles. The lowest BCUT2D eigenvalue weighted by molar-refractivity contribution is -0.0443. The number of rotatable bonds is 5. The number of likely N-dealkylation sites (tertiary alicyclic amines) is 1. The predicted molar refractivity (Wildman–Crippen MR) is 60.0 cm³/mol. The third-order valence-electron chi connectivity index (χ3n) is 2.98. The molecule has 0 amide bonds. The fourth-order valence-corrected chi connectivity index (χ4v) is 3.04. The van der Waals surface area contributed by atoms with Crippen molar-refractivity contribution in [3.05, 3.63) is 0 Å². The van der Waals surface area contributed by atoms with E-state index in [9.17, 15) is 8.42 Å². The molecule has 0 N–H and O–H groups in total. The first-order valence-electron chi connectivity index (χ1n) is 5.51.